The van der Waals surface area contributed by atoms with Crippen LogP contribution in [-0.4, -0.2) is 8.97 Å². The molecule has 0 amide bonds. The standard InChI is InChI=1S/C17H14BrN5/c18-11-4-5-14-15(7-11)23-12(8-19)6-10-2-1-3-13(16(10)23)17-21-20-9-22(14)17/h1-7,20H,8-9,19H2. The first-order valence-electron chi connectivity index (χ1n) is 7.50. The van der Waals surface area contributed by atoms with Gasteiger partial charge in [0.15, 0.2) is 5.49 Å². The third-order valence-corrected chi connectivity index (χ3v) is 4.98. The molecule has 0 spiro atoms. The van der Waals surface area contributed by atoms with Crippen LogP contribution in [0.1, 0.15) is 5.69 Å². The van der Waals surface area contributed by atoms with E-state index < -0.39 is 0 Å². The number of rotatable bonds is 1. The van der Waals surface area contributed by atoms with E-state index in [0.29, 0.717) is 13.2 Å². The molecule has 0 atom stereocenters. The largest absolute Gasteiger partial charge is 0.325 e. The van der Waals surface area contributed by atoms with Gasteiger partial charge in [-0.05, 0) is 30.3 Å². The molecule has 114 valence electrons. The van der Waals surface area contributed by atoms with Crippen LogP contribution in [0.15, 0.2) is 52.0 Å². The summed E-state index contributed by atoms with van der Waals surface area (Å²) in [4.78, 5) is 0. The second-order valence-corrected chi connectivity index (χ2v) is 6.65. The molecule has 0 aliphatic carbocycles. The third kappa shape index (κ3) is 1.67. The zero-order valence-corrected chi connectivity index (χ0v) is 13.8. The van der Waals surface area contributed by atoms with Crippen LogP contribution in [0.5, 0.6) is 0 Å². The van der Waals surface area contributed by atoms with E-state index in [4.69, 9.17) is 5.73 Å². The number of para-hydroxylation sites is 1. The van der Waals surface area contributed by atoms with Gasteiger partial charge in [0, 0.05) is 27.5 Å². The Kier molecular flexibility index (Phi) is 2.63. The van der Waals surface area contributed by atoms with Crippen molar-refractivity contribution in [1.29, 1.82) is 0 Å². The zero-order valence-electron chi connectivity index (χ0n) is 12.3. The molecule has 0 saturated carbocycles. The van der Waals surface area contributed by atoms with Crippen molar-refractivity contribution < 1.29 is 0 Å². The highest BCUT2D eigenvalue weighted by Crippen LogP contribution is 2.28. The summed E-state index contributed by atoms with van der Waals surface area (Å²) in [6, 6.07) is 14.8. The Labute approximate surface area is 140 Å². The van der Waals surface area contributed by atoms with E-state index >= 15 is 0 Å². The SMILES string of the molecule is NCc1cc2cccc3c4n(c5ccc(Br)cc5n1c23)CNN=4. The first kappa shape index (κ1) is 13.2. The fourth-order valence-electron chi connectivity index (χ4n) is 3.55. The molecule has 0 saturated heterocycles. The van der Waals surface area contributed by atoms with Gasteiger partial charge < -0.3 is 14.7 Å². The summed E-state index contributed by atoms with van der Waals surface area (Å²) in [6.07, 6.45) is 0. The van der Waals surface area contributed by atoms with Gasteiger partial charge in [0.2, 0.25) is 0 Å². The van der Waals surface area contributed by atoms with Crippen LogP contribution in [-0.2, 0) is 13.2 Å². The Balaban J connectivity index is 2.25. The number of halogens is 1. The van der Waals surface area contributed by atoms with Gasteiger partial charge in [-0.25, -0.2) is 0 Å². The van der Waals surface area contributed by atoms with Crippen molar-refractivity contribution in [3.05, 3.63) is 58.1 Å². The lowest BCUT2D eigenvalue weighted by Crippen LogP contribution is -2.14. The second-order valence-electron chi connectivity index (χ2n) is 5.73. The molecule has 5 rings (SSSR count). The molecule has 0 unspecified atom stereocenters. The number of fused-ring (bicyclic) bond motifs is 5. The molecule has 3 heterocycles. The number of benzene rings is 2. The Bertz CT molecular complexity index is 1170. The summed E-state index contributed by atoms with van der Waals surface area (Å²) in [5.41, 5.74) is 14.6. The molecular formula is C17H14BrN5. The van der Waals surface area contributed by atoms with Crippen molar-refractivity contribution in [2.45, 2.75) is 13.2 Å². The number of aromatic nitrogens is 2. The summed E-state index contributed by atoms with van der Waals surface area (Å²) >= 11 is 3.60. The lowest BCUT2D eigenvalue weighted by molar-refractivity contribution is 0.659. The Morgan fingerprint density at radius 1 is 1.17 bits per heavy atom. The average Bonchev–Trinajstić information content (AvgIpc) is 3.16. The Morgan fingerprint density at radius 3 is 2.96 bits per heavy atom. The number of nitrogens with zero attached hydrogens (tertiary/aromatic N) is 3. The van der Waals surface area contributed by atoms with Crippen molar-refractivity contribution in [3.8, 4) is 0 Å². The van der Waals surface area contributed by atoms with E-state index in [2.05, 4.69) is 77.9 Å². The molecule has 2 aromatic carbocycles. The number of hydrogen-bond acceptors (Lipinski definition) is 3. The second kappa shape index (κ2) is 4.59. The first-order chi connectivity index (χ1) is 11.3. The van der Waals surface area contributed by atoms with Crippen LogP contribution in [0, 0.1) is 0 Å². The summed E-state index contributed by atoms with van der Waals surface area (Å²) in [5, 5.41) is 6.84. The monoisotopic (exact) mass is 367 g/mol. The highest BCUT2D eigenvalue weighted by molar-refractivity contribution is 9.10. The van der Waals surface area contributed by atoms with E-state index in [1.54, 1.807) is 0 Å². The van der Waals surface area contributed by atoms with Crippen molar-refractivity contribution in [1.82, 2.24) is 14.4 Å². The van der Waals surface area contributed by atoms with Crippen molar-refractivity contribution >= 4 is 43.3 Å². The lowest BCUT2D eigenvalue weighted by atomic mass is 10.2. The van der Waals surface area contributed by atoms with Gasteiger partial charge in [-0.15, -0.1) is 0 Å². The van der Waals surface area contributed by atoms with E-state index in [9.17, 15) is 0 Å². The molecule has 6 heteroatoms. The van der Waals surface area contributed by atoms with E-state index in [-0.39, 0.29) is 0 Å². The predicted octanol–water partition coefficient (Wildman–Crippen LogP) is 2.64. The summed E-state index contributed by atoms with van der Waals surface area (Å²) in [6.45, 7) is 1.16. The Morgan fingerprint density at radius 2 is 2.09 bits per heavy atom. The molecule has 0 radical (unpaired) electrons. The van der Waals surface area contributed by atoms with Crippen LogP contribution < -0.4 is 16.6 Å². The maximum absolute atomic E-state index is 6.04. The van der Waals surface area contributed by atoms with Crippen molar-refractivity contribution in [2.75, 3.05) is 0 Å². The molecule has 2 aromatic heterocycles. The van der Waals surface area contributed by atoms with Gasteiger partial charge in [-0.2, -0.15) is 5.10 Å². The molecule has 23 heavy (non-hydrogen) atoms. The minimum Gasteiger partial charge on any atom is -0.325 e. The van der Waals surface area contributed by atoms with Gasteiger partial charge in [0.25, 0.3) is 0 Å². The molecule has 1 aliphatic rings. The third-order valence-electron chi connectivity index (χ3n) is 4.49. The Hall–Kier alpha value is -2.31. The fourth-order valence-corrected chi connectivity index (χ4v) is 3.89. The normalized spacial score (nSPS) is 13.5. The highest BCUT2D eigenvalue weighted by Gasteiger charge is 2.16. The van der Waals surface area contributed by atoms with Crippen LogP contribution in [0.3, 0.4) is 0 Å². The van der Waals surface area contributed by atoms with Gasteiger partial charge in [0.1, 0.15) is 6.67 Å². The molecule has 5 nitrogen and oxygen atoms in total. The molecule has 3 N–H and O–H groups in total. The van der Waals surface area contributed by atoms with Crippen molar-refractivity contribution in [2.24, 2.45) is 10.8 Å². The van der Waals surface area contributed by atoms with Gasteiger partial charge >= 0.3 is 0 Å². The maximum atomic E-state index is 6.04. The van der Waals surface area contributed by atoms with Gasteiger partial charge in [0.05, 0.1) is 16.6 Å². The molecule has 1 aliphatic heterocycles. The van der Waals surface area contributed by atoms with Crippen LogP contribution >= 0.6 is 15.9 Å². The number of hydrogen-bond donors (Lipinski definition) is 2. The van der Waals surface area contributed by atoms with Gasteiger partial charge in [-0.1, -0.05) is 28.1 Å². The molecule has 0 bridgehead atoms. The van der Waals surface area contributed by atoms with Crippen LogP contribution in [0.4, 0.5) is 0 Å². The molecule has 4 aromatic rings. The molecular weight excluding hydrogens is 354 g/mol. The average molecular weight is 368 g/mol. The topological polar surface area (TPSA) is 59.8 Å². The highest BCUT2D eigenvalue weighted by atomic mass is 79.9. The quantitative estimate of drug-likeness (QED) is 0.543. The fraction of sp³-hybridized carbons (Fsp3) is 0.118. The summed E-state index contributed by atoms with van der Waals surface area (Å²) in [5.74, 6) is 0. The van der Waals surface area contributed by atoms with Crippen LogP contribution in [0.25, 0.3) is 27.3 Å². The summed E-state index contributed by atoms with van der Waals surface area (Å²) in [7, 11) is 0. The predicted molar refractivity (Wildman–Crippen MR) is 94.7 cm³/mol. The van der Waals surface area contributed by atoms with Crippen LogP contribution in [0.2, 0.25) is 0 Å². The molecule has 0 fully saturated rings. The minimum absolute atomic E-state index is 0.491. The lowest BCUT2D eigenvalue weighted by Gasteiger charge is -2.06. The first-order valence-corrected chi connectivity index (χ1v) is 8.29. The van der Waals surface area contributed by atoms with E-state index in [1.807, 2.05) is 0 Å². The van der Waals surface area contributed by atoms with E-state index in [1.165, 1.54) is 5.39 Å². The maximum Gasteiger partial charge on any atom is 0.163 e. The number of nitrogens with one attached hydrogen (secondary N) is 1. The van der Waals surface area contributed by atoms with Gasteiger partial charge in [-0.3, -0.25) is 5.43 Å². The summed E-state index contributed by atoms with van der Waals surface area (Å²) < 4.78 is 5.53. The smallest absolute Gasteiger partial charge is 0.163 e. The van der Waals surface area contributed by atoms with E-state index in [0.717, 1.165) is 37.6 Å². The zero-order chi connectivity index (χ0) is 15.6. The van der Waals surface area contributed by atoms with Crippen molar-refractivity contribution in [3.63, 3.8) is 0 Å². The minimum atomic E-state index is 0.491. The number of nitrogens with two attached hydrogens (primary N) is 1.